The maximum Gasteiger partial charge on any atom is 0.348 e. The Balaban J connectivity index is 1.51. The first kappa shape index (κ1) is 17.0. The van der Waals surface area contributed by atoms with Gasteiger partial charge in [0.1, 0.15) is 4.88 Å². The second-order valence-corrected chi connectivity index (χ2v) is 7.34. The van der Waals surface area contributed by atoms with Crippen LogP contribution in [0.25, 0.3) is 0 Å². The molecular formula is C18H18ClNO3S. The first-order valence-electron chi connectivity index (χ1n) is 7.87. The number of benzene rings is 1. The molecule has 6 heteroatoms. The summed E-state index contributed by atoms with van der Waals surface area (Å²) >= 11 is 7.58. The average Bonchev–Trinajstić information content (AvgIpc) is 3.14. The molecule has 4 nitrogen and oxygen atoms in total. The van der Waals surface area contributed by atoms with Gasteiger partial charge < -0.3 is 10.1 Å². The van der Waals surface area contributed by atoms with Crippen LogP contribution in [0.4, 0.5) is 0 Å². The molecule has 1 amide bonds. The fourth-order valence-corrected chi connectivity index (χ4v) is 4.27. The van der Waals surface area contributed by atoms with Crippen LogP contribution < -0.4 is 5.32 Å². The van der Waals surface area contributed by atoms with Gasteiger partial charge in [0.25, 0.3) is 5.91 Å². The Morgan fingerprint density at radius 2 is 2.12 bits per heavy atom. The highest BCUT2D eigenvalue weighted by molar-refractivity contribution is 7.14. The molecule has 0 unspecified atom stereocenters. The van der Waals surface area contributed by atoms with E-state index in [1.165, 1.54) is 21.8 Å². The van der Waals surface area contributed by atoms with Gasteiger partial charge in [0.2, 0.25) is 0 Å². The first-order chi connectivity index (χ1) is 11.5. The maximum atomic E-state index is 12.1. The molecule has 0 saturated carbocycles. The summed E-state index contributed by atoms with van der Waals surface area (Å²) in [6.07, 6.45) is 3.21. The molecule has 1 atom stereocenters. The van der Waals surface area contributed by atoms with Gasteiger partial charge in [-0.1, -0.05) is 29.8 Å². The molecule has 0 bridgehead atoms. The second kappa shape index (κ2) is 7.36. The van der Waals surface area contributed by atoms with E-state index in [-0.39, 0.29) is 18.6 Å². The Kier molecular flexibility index (Phi) is 5.21. The van der Waals surface area contributed by atoms with E-state index in [2.05, 4.69) is 5.32 Å². The number of carbonyl (C=O) groups is 2. The Hall–Kier alpha value is -1.85. The quantitative estimate of drug-likeness (QED) is 0.819. The number of thiophene rings is 1. The van der Waals surface area contributed by atoms with Crippen LogP contribution in [-0.4, -0.2) is 18.5 Å². The predicted molar refractivity (Wildman–Crippen MR) is 94.6 cm³/mol. The number of rotatable bonds is 5. The third kappa shape index (κ3) is 3.79. The standard InChI is InChI=1S/C18H18ClNO3S/c1-11(13-6-2-3-7-14(13)19)20-17(21)10-23-18(22)16-9-12-5-4-8-15(12)24-16/h2-3,6-7,9,11H,4-5,8,10H2,1H3,(H,20,21)/t11-/m0/s1. The van der Waals surface area contributed by atoms with E-state index >= 15 is 0 Å². The van der Waals surface area contributed by atoms with E-state index in [4.69, 9.17) is 16.3 Å². The van der Waals surface area contributed by atoms with Crippen LogP contribution in [0.15, 0.2) is 30.3 Å². The van der Waals surface area contributed by atoms with Crippen molar-refractivity contribution in [2.45, 2.75) is 32.2 Å². The summed E-state index contributed by atoms with van der Waals surface area (Å²) in [6.45, 7) is 1.54. The Bertz CT molecular complexity index is 750. The number of halogens is 1. The van der Waals surface area contributed by atoms with Crippen LogP contribution in [0.2, 0.25) is 5.02 Å². The van der Waals surface area contributed by atoms with Crippen LogP contribution in [0.5, 0.6) is 0 Å². The monoisotopic (exact) mass is 363 g/mol. The number of ether oxygens (including phenoxy) is 1. The zero-order valence-corrected chi connectivity index (χ0v) is 14.9. The zero-order valence-electron chi connectivity index (χ0n) is 13.3. The summed E-state index contributed by atoms with van der Waals surface area (Å²) in [7, 11) is 0. The lowest BCUT2D eigenvalue weighted by Gasteiger charge is -2.15. The highest BCUT2D eigenvalue weighted by Crippen LogP contribution is 2.30. The van der Waals surface area contributed by atoms with Crippen molar-refractivity contribution in [3.8, 4) is 0 Å². The Labute approximate surface area is 149 Å². The van der Waals surface area contributed by atoms with Crippen molar-refractivity contribution >= 4 is 34.8 Å². The number of nitrogens with one attached hydrogen (secondary N) is 1. The van der Waals surface area contributed by atoms with Gasteiger partial charge in [0.05, 0.1) is 6.04 Å². The summed E-state index contributed by atoms with van der Waals surface area (Å²) in [5.74, 6) is -0.783. The van der Waals surface area contributed by atoms with Gasteiger partial charge in [-0.25, -0.2) is 4.79 Å². The highest BCUT2D eigenvalue weighted by atomic mass is 35.5. The molecule has 2 aromatic rings. The van der Waals surface area contributed by atoms with Gasteiger partial charge in [-0.2, -0.15) is 0 Å². The largest absolute Gasteiger partial charge is 0.451 e. The molecule has 0 radical (unpaired) electrons. The van der Waals surface area contributed by atoms with E-state index in [1.54, 1.807) is 6.07 Å². The summed E-state index contributed by atoms with van der Waals surface area (Å²) in [6, 6.07) is 8.96. The fourth-order valence-electron chi connectivity index (χ4n) is 2.82. The molecule has 1 N–H and O–H groups in total. The number of hydrogen-bond donors (Lipinski definition) is 1. The number of carbonyl (C=O) groups excluding carboxylic acids is 2. The average molecular weight is 364 g/mol. The lowest BCUT2D eigenvalue weighted by Crippen LogP contribution is -2.31. The van der Waals surface area contributed by atoms with Crippen LogP contribution in [-0.2, 0) is 22.4 Å². The molecule has 1 aromatic carbocycles. The van der Waals surface area contributed by atoms with Gasteiger partial charge in [-0.05, 0) is 49.4 Å². The number of amides is 1. The minimum atomic E-state index is -0.435. The predicted octanol–water partition coefficient (Wildman–Crippen LogP) is 3.92. The van der Waals surface area contributed by atoms with Crippen molar-refractivity contribution < 1.29 is 14.3 Å². The number of aryl methyl sites for hydroxylation is 2. The number of fused-ring (bicyclic) bond motifs is 1. The van der Waals surface area contributed by atoms with E-state index < -0.39 is 5.97 Å². The molecule has 1 aliphatic carbocycles. The molecule has 0 fully saturated rings. The molecule has 126 valence electrons. The summed E-state index contributed by atoms with van der Waals surface area (Å²) in [4.78, 5) is 25.9. The first-order valence-corrected chi connectivity index (χ1v) is 9.06. The summed E-state index contributed by atoms with van der Waals surface area (Å²) in [5, 5.41) is 3.38. The Morgan fingerprint density at radius 3 is 2.88 bits per heavy atom. The molecule has 1 aliphatic rings. The fraction of sp³-hybridized carbons (Fsp3) is 0.333. The number of esters is 1. The van der Waals surface area contributed by atoms with Crippen molar-refractivity contribution in [2.24, 2.45) is 0 Å². The molecule has 1 aromatic heterocycles. The van der Waals surface area contributed by atoms with Crippen molar-refractivity contribution in [3.05, 3.63) is 56.2 Å². The van der Waals surface area contributed by atoms with Gasteiger partial charge >= 0.3 is 5.97 Å². The molecule has 1 heterocycles. The van der Waals surface area contributed by atoms with E-state index in [1.807, 2.05) is 31.2 Å². The van der Waals surface area contributed by atoms with Crippen molar-refractivity contribution in [1.29, 1.82) is 0 Å². The molecule has 0 saturated heterocycles. The van der Waals surface area contributed by atoms with Crippen molar-refractivity contribution in [2.75, 3.05) is 6.61 Å². The normalized spacial score (nSPS) is 14.1. The minimum Gasteiger partial charge on any atom is -0.451 e. The maximum absolute atomic E-state index is 12.1. The lowest BCUT2D eigenvalue weighted by atomic mass is 10.1. The lowest BCUT2D eigenvalue weighted by molar-refractivity contribution is -0.124. The van der Waals surface area contributed by atoms with Crippen LogP contribution in [0, 0.1) is 0 Å². The van der Waals surface area contributed by atoms with E-state index in [0.717, 1.165) is 24.8 Å². The zero-order chi connectivity index (χ0) is 17.1. The molecule has 0 spiro atoms. The van der Waals surface area contributed by atoms with Crippen molar-refractivity contribution in [3.63, 3.8) is 0 Å². The van der Waals surface area contributed by atoms with E-state index in [9.17, 15) is 9.59 Å². The summed E-state index contributed by atoms with van der Waals surface area (Å²) < 4.78 is 5.12. The van der Waals surface area contributed by atoms with Gasteiger partial charge in [-0.3, -0.25) is 4.79 Å². The second-order valence-electron chi connectivity index (χ2n) is 5.80. The summed E-state index contributed by atoms with van der Waals surface area (Å²) in [5.41, 5.74) is 2.07. The minimum absolute atomic E-state index is 0.254. The smallest absolute Gasteiger partial charge is 0.348 e. The molecule has 24 heavy (non-hydrogen) atoms. The van der Waals surface area contributed by atoms with Crippen molar-refractivity contribution in [1.82, 2.24) is 5.32 Å². The van der Waals surface area contributed by atoms with Crippen LogP contribution in [0.3, 0.4) is 0 Å². The number of hydrogen-bond acceptors (Lipinski definition) is 4. The van der Waals surface area contributed by atoms with Gasteiger partial charge in [-0.15, -0.1) is 11.3 Å². The Morgan fingerprint density at radius 1 is 1.33 bits per heavy atom. The molecule has 0 aliphatic heterocycles. The van der Waals surface area contributed by atoms with Crippen LogP contribution in [0.1, 0.15) is 45.1 Å². The van der Waals surface area contributed by atoms with Gasteiger partial charge in [0, 0.05) is 9.90 Å². The van der Waals surface area contributed by atoms with E-state index in [0.29, 0.717) is 9.90 Å². The third-order valence-electron chi connectivity index (χ3n) is 4.03. The SMILES string of the molecule is C[C@H](NC(=O)COC(=O)c1cc2c(s1)CCC2)c1ccccc1Cl. The topological polar surface area (TPSA) is 55.4 Å². The third-order valence-corrected chi connectivity index (χ3v) is 5.59. The molecule has 3 rings (SSSR count). The highest BCUT2D eigenvalue weighted by Gasteiger charge is 2.20. The van der Waals surface area contributed by atoms with Crippen LogP contribution >= 0.6 is 22.9 Å². The van der Waals surface area contributed by atoms with Gasteiger partial charge in [0.15, 0.2) is 6.61 Å². The molecular weight excluding hydrogens is 346 g/mol.